The summed E-state index contributed by atoms with van der Waals surface area (Å²) in [6, 6.07) is 0.564. The normalized spacial score (nSPS) is 18.8. The molecule has 12 heavy (non-hydrogen) atoms. The lowest BCUT2D eigenvalue weighted by Gasteiger charge is -2.20. The largest absolute Gasteiger partial charge is 0.393 e. The van der Waals surface area contributed by atoms with E-state index >= 15 is 0 Å². The van der Waals surface area contributed by atoms with Gasteiger partial charge < -0.3 is 10.4 Å². The zero-order chi connectivity index (χ0) is 9.56. The molecule has 0 spiro atoms. The van der Waals surface area contributed by atoms with Crippen LogP contribution in [0.15, 0.2) is 0 Å². The molecule has 0 amide bonds. The quantitative estimate of drug-likeness (QED) is 0.641. The highest BCUT2D eigenvalue weighted by Crippen LogP contribution is 2.06. The van der Waals surface area contributed by atoms with Crippen molar-refractivity contribution in [1.29, 1.82) is 0 Å². The summed E-state index contributed by atoms with van der Waals surface area (Å²) in [4.78, 5) is 0. The average molecular weight is 173 g/mol. The molecule has 0 unspecified atom stereocenters. The van der Waals surface area contributed by atoms with Crippen LogP contribution in [-0.2, 0) is 0 Å². The summed E-state index contributed by atoms with van der Waals surface area (Å²) in [6.07, 6.45) is 1.88. The predicted molar refractivity (Wildman–Crippen MR) is 53.2 cm³/mol. The van der Waals surface area contributed by atoms with E-state index < -0.39 is 0 Å². The topological polar surface area (TPSA) is 32.3 Å². The lowest BCUT2D eigenvalue weighted by Crippen LogP contribution is -2.33. The Bertz CT molecular complexity index is 104. The summed E-state index contributed by atoms with van der Waals surface area (Å²) in [5.74, 6) is 0.721. The second kappa shape index (κ2) is 6.44. The third-order valence-corrected chi connectivity index (χ3v) is 2.53. The van der Waals surface area contributed by atoms with Crippen LogP contribution in [0.2, 0.25) is 0 Å². The van der Waals surface area contributed by atoms with Crippen molar-refractivity contribution in [2.45, 2.75) is 52.7 Å². The van der Waals surface area contributed by atoms with Gasteiger partial charge in [0.1, 0.15) is 0 Å². The minimum absolute atomic E-state index is 0.179. The van der Waals surface area contributed by atoms with Gasteiger partial charge in [-0.2, -0.15) is 0 Å². The third kappa shape index (κ3) is 5.56. The van der Waals surface area contributed by atoms with E-state index in [0.717, 1.165) is 18.9 Å². The number of aliphatic hydroxyl groups excluding tert-OH is 1. The first-order valence-corrected chi connectivity index (χ1v) is 4.99. The first-order chi connectivity index (χ1) is 5.57. The smallest absolute Gasteiger partial charge is 0.0524 e. The van der Waals surface area contributed by atoms with Crippen LogP contribution < -0.4 is 5.32 Å². The van der Waals surface area contributed by atoms with Gasteiger partial charge in [-0.15, -0.1) is 0 Å². The Hall–Kier alpha value is -0.0800. The number of rotatable bonds is 6. The molecule has 0 bridgehead atoms. The highest BCUT2D eigenvalue weighted by atomic mass is 16.3. The molecular weight excluding hydrogens is 150 g/mol. The van der Waals surface area contributed by atoms with Gasteiger partial charge in [-0.1, -0.05) is 20.3 Å². The second-order valence-electron chi connectivity index (χ2n) is 3.77. The molecule has 0 saturated carbocycles. The molecule has 0 aliphatic rings. The van der Waals surface area contributed by atoms with Gasteiger partial charge in [0.25, 0.3) is 0 Å². The molecule has 3 atom stereocenters. The van der Waals surface area contributed by atoms with Crippen molar-refractivity contribution in [3.8, 4) is 0 Å². The Kier molecular flexibility index (Phi) is 6.39. The molecule has 2 nitrogen and oxygen atoms in total. The molecule has 0 aromatic rings. The van der Waals surface area contributed by atoms with Gasteiger partial charge in [-0.25, -0.2) is 0 Å². The van der Waals surface area contributed by atoms with Gasteiger partial charge in [0.15, 0.2) is 0 Å². The lowest BCUT2D eigenvalue weighted by atomic mass is 10.0. The number of hydrogen-bond acceptors (Lipinski definition) is 2. The molecule has 0 aliphatic carbocycles. The highest BCUT2D eigenvalue weighted by molar-refractivity contribution is 4.67. The Labute approximate surface area is 76.4 Å². The Morgan fingerprint density at radius 3 is 2.25 bits per heavy atom. The fourth-order valence-electron chi connectivity index (χ4n) is 1.07. The summed E-state index contributed by atoms with van der Waals surface area (Å²) in [5, 5.41) is 12.4. The lowest BCUT2D eigenvalue weighted by molar-refractivity contribution is 0.181. The number of hydrogen-bond donors (Lipinski definition) is 2. The van der Waals surface area contributed by atoms with E-state index in [1.807, 2.05) is 6.92 Å². The van der Waals surface area contributed by atoms with Crippen molar-refractivity contribution in [3.05, 3.63) is 0 Å². The number of aliphatic hydroxyl groups is 1. The summed E-state index contributed by atoms with van der Waals surface area (Å²) < 4.78 is 0. The molecule has 2 heteroatoms. The van der Waals surface area contributed by atoms with Crippen LogP contribution >= 0.6 is 0 Å². The maximum atomic E-state index is 9.02. The summed E-state index contributed by atoms with van der Waals surface area (Å²) in [7, 11) is 0. The molecular formula is C10H23NO. The SMILES string of the molecule is CC[C@H](C)[C@@H](C)NCC[C@H](C)O. The van der Waals surface area contributed by atoms with Gasteiger partial charge in [-0.3, -0.25) is 0 Å². The molecule has 0 aromatic carbocycles. The summed E-state index contributed by atoms with van der Waals surface area (Å²) >= 11 is 0. The van der Waals surface area contributed by atoms with Crippen molar-refractivity contribution < 1.29 is 5.11 Å². The predicted octanol–water partition coefficient (Wildman–Crippen LogP) is 1.78. The van der Waals surface area contributed by atoms with Crippen molar-refractivity contribution in [3.63, 3.8) is 0 Å². The van der Waals surface area contributed by atoms with E-state index in [4.69, 9.17) is 5.11 Å². The van der Waals surface area contributed by atoms with Gasteiger partial charge >= 0.3 is 0 Å². The fourth-order valence-corrected chi connectivity index (χ4v) is 1.07. The van der Waals surface area contributed by atoms with Crippen LogP contribution in [0.4, 0.5) is 0 Å². The molecule has 2 N–H and O–H groups in total. The van der Waals surface area contributed by atoms with E-state index in [2.05, 4.69) is 26.1 Å². The molecule has 0 saturated heterocycles. The molecule has 0 rings (SSSR count). The number of nitrogens with one attached hydrogen (secondary N) is 1. The minimum atomic E-state index is -0.179. The van der Waals surface area contributed by atoms with Crippen molar-refractivity contribution in [1.82, 2.24) is 5.32 Å². The first-order valence-electron chi connectivity index (χ1n) is 4.99. The average Bonchev–Trinajstić information content (AvgIpc) is 2.02. The van der Waals surface area contributed by atoms with Gasteiger partial charge in [0.05, 0.1) is 6.10 Å². The van der Waals surface area contributed by atoms with Crippen molar-refractivity contribution in [2.75, 3.05) is 6.54 Å². The molecule has 74 valence electrons. The summed E-state index contributed by atoms with van der Waals surface area (Å²) in [6.45, 7) is 9.41. The standard InChI is InChI=1S/C10H23NO/c1-5-8(2)10(4)11-7-6-9(3)12/h8-12H,5-7H2,1-4H3/t8-,9-,10+/m0/s1. The van der Waals surface area contributed by atoms with E-state index in [0.29, 0.717) is 6.04 Å². The Morgan fingerprint density at radius 2 is 1.83 bits per heavy atom. The van der Waals surface area contributed by atoms with Crippen molar-refractivity contribution in [2.24, 2.45) is 5.92 Å². The van der Waals surface area contributed by atoms with Crippen LogP contribution in [0.3, 0.4) is 0 Å². The fraction of sp³-hybridized carbons (Fsp3) is 1.00. The zero-order valence-electron chi connectivity index (χ0n) is 8.80. The van der Waals surface area contributed by atoms with E-state index in [9.17, 15) is 0 Å². The molecule has 0 aliphatic heterocycles. The maximum absolute atomic E-state index is 9.02. The minimum Gasteiger partial charge on any atom is -0.393 e. The monoisotopic (exact) mass is 173 g/mol. The highest BCUT2D eigenvalue weighted by Gasteiger charge is 2.08. The van der Waals surface area contributed by atoms with E-state index in [1.165, 1.54) is 6.42 Å². The summed E-state index contributed by atoms with van der Waals surface area (Å²) in [5.41, 5.74) is 0. The molecule has 0 heterocycles. The van der Waals surface area contributed by atoms with Gasteiger partial charge in [-0.05, 0) is 32.7 Å². The molecule has 0 aromatic heterocycles. The van der Waals surface area contributed by atoms with E-state index in [-0.39, 0.29) is 6.10 Å². The molecule has 0 fully saturated rings. The molecule has 0 radical (unpaired) electrons. The van der Waals surface area contributed by atoms with Gasteiger partial charge in [0.2, 0.25) is 0 Å². The third-order valence-electron chi connectivity index (χ3n) is 2.53. The van der Waals surface area contributed by atoms with E-state index in [1.54, 1.807) is 0 Å². The second-order valence-corrected chi connectivity index (χ2v) is 3.77. The van der Waals surface area contributed by atoms with Crippen LogP contribution in [0.1, 0.15) is 40.5 Å². The first kappa shape index (κ1) is 11.9. The van der Waals surface area contributed by atoms with Crippen LogP contribution in [0.25, 0.3) is 0 Å². The Morgan fingerprint density at radius 1 is 1.25 bits per heavy atom. The zero-order valence-corrected chi connectivity index (χ0v) is 8.80. The van der Waals surface area contributed by atoms with Crippen molar-refractivity contribution >= 4 is 0 Å². The maximum Gasteiger partial charge on any atom is 0.0524 e. The van der Waals surface area contributed by atoms with Gasteiger partial charge in [0, 0.05) is 6.04 Å². The van der Waals surface area contributed by atoms with Crippen LogP contribution in [0.5, 0.6) is 0 Å². The van der Waals surface area contributed by atoms with Crippen LogP contribution in [-0.4, -0.2) is 23.8 Å². The van der Waals surface area contributed by atoms with Crippen LogP contribution in [0, 0.1) is 5.92 Å². The Balaban J connectivity index is 3.37.